The fraction of sp³-hybridized carbons (Fsp3) is 0.500. The van der Waals surface area contributed by atoms with Crippen LogP contribution in [0.15, 0.2) is 30.3 Å². The van der Waals surface area contributed by atoms with E-state index in [2.05, 4.69) is 44.2 Å². The van der Waals surface area contributed by atoms with Gasteiger partial charge in [0.15, 0.2) is 0 Å². The first kappa shape index (κ1) is 12.4. The third kappa shape index (κ3) is 2.61. The van der Waals surface area contributed by atoms with E-state index >= 15 is 0 Å². The molecule has 1 nitrogen and oxygen atoms in total. The molecule has 1 aliphatic carbocycles. The zero-order valence-corrected chi connectivity index (χ0v) is 11.0. The average Bonchev–Trinajstić information content (AvgIpc) is 2.39. The van der Waals surface area contributed by atoms with E-state index in [1.165, 1.54) is 36.0 Å². The summed E-state index contributed by atoms with van der Waals surface area (Å²) in [5.74, 6) is 0. The van der Waals surface area contributed by atoms with E-state index in [9.17, 15) is 0 Å². The van der Waals surface area contributed by atoms with Crippen LogP contribution >= 0.6 is 0 Å². The summed E-state index contributed by atoms with van der Waals surface area (Å²) in [7, 11) is 0. The van der Waals surface area contributed by atoms with Gasteiger partial charge in [0, 0.05) is 5.54 Å². The van der Waals surface area contributed by atoms with Crippen LogP contribution in [0.2, 0.25) is 0 Å². The van der Waals surface area contributed by atoms with Gasteiger partial charge in [0.25, 0.3) is 0 Å². The molecule has 2 N–H and O–H groups in total. The first-order valence-corrected chi connectivity index (χ1v) is 6.68. The Kier molecular flexibility index (Phi) is 3.68. The third-order valence-electron chi connectivity index (χ3n) is 4.07. The highest BCUT2D eigenvalue weighted by Crippen LogP contribution is 2.35. The Balaban J connectivity index is 2.32. The molecule has 1 aromatic carbocycles. The molecule has 92 valence electrons. The molecule has 1 aliphatic rings. The van der Waals surface area contributed by atoms with E-state index in [-0.39, 0.29) is 5.54 Å². The minimum atomic E-state index is -0.0811. The van der Waals surface area contributed by atoms with Gasteiger partial charge in [-0.1, -0.05) is 43.5 Å². The lowest BCUT2D eigenvalue weighted by molar-refractivity contribution is 0.302. The van der Waals surface area contributed by atoms with E-state index in [4.69, 9.17) is 5.73 Å². The molecule has 1 heteroatoms. The molecule has 17 heavy (non-hydrogen) atoms. The summed E-state index contributed by atoms with van der Waals surface area (Å²) >= 11 is 0. The van der Waals surface area contributed by atoms with Crippen molar-refractivity contribution in [3.63, 3.8) is 0 Å². The van der Waals surface area contributed by atoms with E-state index in [0.717, 1.165) is 12.8 Å². The Morgan fingerprint density at radius 2 is 1.94 bits per heavy atom. The smallest absolute Gasteiger partial charge is 0.0409 e. The highest BCUT2D eigenvalue weighted by atomic mass is 14.7. The molecule has 0 aliphatic heterocycles. The van der Waals surface area contributed by atoms with Crippen LogP contribution in [-0.4, -0.2) is 0 Å². The summed E-state index contributed by atoms with van der Waals surface area (Å²) in [5, 5.41) is 0. The molecular weight excluding hydrogens is 206 g/mol. The molecule has 0 bridgehead atoms. The van der Waals surface area contributed by atoms with Gasteiger partial charge in [0.05, 0.1) is 0 Å². The van der Waals surface area contributed by atoms with Gasteiger partial charge in [-0.05, 0) is 49.5 Å². The quantitative estimate of drug-likeness (QED) is 0.807. The lowest BCUT2D eigenvalue weighted by Gasteiger charge is -2.34. The Hall–Kier alpha value is -1.08. The van der Waals surface area contributed by atoms with Crippen LogP contribution < -0.4 is 5.73 Å². The van der Waals surface area contributed by atoms with E-state index in [1.54, 1.807) is 0 Å². The fourth-order valence-corrected chi connectivity index (χ4v) is 2.71. The van der Waals surface area contributed by atoms with Crippen molar-refractivity contribution in [2.45, 2.75) is 51.5 Å². The van der Waals surface area contributed by atoms with Gasteiger partial charge in [-0.15, -0.1) is 0 Å². The second-order valence-electron chi connectivity index (χ2n) is 5.27. The first-order chi connectivity index (χ1) is 8.15. The molecular formula is C16H23N. The maximum absolute atomic E-state index is 6.57. The molecule has 0 aromatic heterocycles. The van der Waals surface area contributed by atoms with Crippen LogP contribution in [0.25, 0.3) is 5.57 Å². The van der Waals surface area contributed by atoms with E-state index in [1.807, 2.05) is 0 Å². The first-order valence-electron chi connectivity index (χ1n) is 6.68. The maximum Gasteiger partial charge on any atom is 0.0409 e. The van der Waals surface area contributed by atoms with Gasteiger partial charge in [-0.25, -0.2) is 0 Å². The minimum absolute atomic E-state index is 0.0811. The standard InChI is InChI=1S/C16H23N/c1-3-13(2)14-8-7-9-15(12-14)16(17)10-5-4-6-11-16/h3,7-9,12H,4-6,10-11,17H2,1-2H3. The van der Waals surface area contributed by atoms with Crippen LogP contribution in [0.1, 0.15) is 57.1 Å². The maximum atomic E-state index is 6.57. The minimum Gasteiger partial charge on any atom is -0.321 e. The Labute approximate surface area is 105 Å². The van der Waals surface area contributed by atoms with Crippen molar-refractivity contribution in [3.8, 4) is 0 Å². The van der Waals surface area contributed by atoms with E-state index in [0.29, 0.717) is 0 Å². The summed E-state index contributed by atoms with van der Waals surface area (Å²) in [6.07, 6.45) is 8.29. The second-order valence-corrected chi connectivity index (χ2v) is 5.27. The molecule has 1 saturated carbocycles. The lowest BCUT2D eigenvalue weighted by Crippen LogP contribution is -2.38. The monoisotopic (exact) mass is 229 g/mol. The number of hydrogen-bond acceptors (Lipinski definition) is 1. The van der Waals surface area contributed by atoms with E-state index < -0.39 is 0 Å². The van der Waals surface area contributed by atoms with Crippen LogP contribution in [0.4, 0.5) is 0 Å². The van der Waals surface area contributed by atoms with Crippen molar-refractivity contribution < 1.29 is 0 Å². The molecule has 0 radical (unpaired) electrons. The summed E-state index contributed by atoms with van der Waals surface area (Å²) in [6, 6.07) is 8.78. The molecule has 0 spiro atoms. The van der Waals surface area contributed by atoms with Gasteiger partial charge < -0.3 is 5.73 Å². The van der Waals surface area contributed by atoms with Crippen LogP contribution in [0.3, 0.4) is 0 Å². The Bertz CT molecular complexity index is 411. The van der Waals surface area contributed by atoms with Gasteiger partial charge in [0.2, 0.25) is 0 Å². The Morgan fingerprint density at radius 1 is 1.24 bits per heavy atom. The molecule has 0 saturated heterocycles. The molecule has 2 rings (SSSR count). The highest BCUT2D eigenvalue weighted by Gasteiger charge is 2.29. The number of nitrogens with two attached hydrogens (primary N) is 1. The van der Waals surface area contributed by atoms with Crippen molar-refractivity contribution in [3.05, 3.63) is 41.5 Å². The summed E-state index contributed by atoms with van der Waals surface area (Å²) in [4.78, 5) is 0. The number of allylic oxidation sites excluding steroid dienone is 2. The van der Waals surface area contributed by atoms with Crippen LogP contribution in [0.5, 0.6) is 0 Å². The lowest BCUT2D eigenvalue weighted by atomic mass is 9.77. The number of benzene rings is 1. The fourth-order valence-electron chi connectivity index (χ4n) is 2.71. The van der Waals surface area contributed by atoms with Crippen molar-refractivity contribution in [1.29, 1.82) is 0 Å². The average molecular weight is 229 g/mol. The van der Waals surface area contributed by atoms with Crippen molar-refractivity contribution in [2.24, 2.45) is 5.73 Å². The summed E-state index contributed by atoms with van der Waals surface area (Å²) < 4.78 is 0. The molecule has 1 aromatic rings. The van der Waals surface area contributed by atoms with Crippen molar-refractivity contribution in [2.75, 3.05) is 0 Å². The molecule has 0 heterocycles. The molecule has 0 atom stereocenters. The van der Waals surface area contributed by atoms with Gasteiger partial charge in [0.1, 0.15) is 0 Å². The topological polar surface area (TPSA) is 26.0 Å². The molecule has 0 amide bonds. The summed E-state index contributed by atoms with van der Waals surface area (Å²) in [5.41, 5.74) is 10.4. The Morgan fingerprint density at radius 3 is 2.59 bits per heavy atom. The molecule has 0 unspecified atom stereocenters. The highest BCUT2D eigenvalue weighted by molar-refractivity contribution is 5.64. The largest absolute Gasteiger partial charge is 0.321 e. The number of rotatable bonds is 2. The van der Waals surface area contributed by atoms with Crippen molar-refractivity contribution >= 4 is 5.57 Å². The van der Waals surface area contributed by atoms with Crippen molar-refractivity contribution in [1.82, 2.24) is 0 Å². The zero-order chi connectivity index (χ0) is 12.3. The number of hydrogen-bond donors (Lipinski definition) is 1. The normalized spacial score (nSPS) is 20.3. The predicted molar refractivity (Wildman–Crippen MR) is 74.7 cm³/mol. The van der Waals surface area contributed by atoms with Gasteiger partial charge >= 0.3 is 0 Å². The van der Waals surface area contributed by atoms with Crippen LogP contribution in [-0.2, 0) is 5.54 Å². The third-order valence-corrected chi connectivity index (χ3v) is 4.07. The SMILES string of the molecule is CC=C(C)c1cccc(C2(N)CCCCC2)c1. The second kappa shape index (κ2) is 5.05. The van der Waals surface area contributed by atoms with Crippen LogP contribution in [0, 0.1) is 0 Å². The molecule has 1 fully saturated rings. The van der Waals surface area contributed by atoms with Gasteiger partial charge in [-0.3, -0.25) is 0 Å². The van der Waals surface area contributed by atoms with Gasteiger partial charge in [-0.2, -0.15) is 0 Å². The summed E-state index contributed by atoms with van der Waals surface area (Å²) in [6.45, 7) is 4.24. The predicted octanol–water partition coefficient (Wildman–Crippen LogP) is 4.23. The zero-order valence-electron chi connectivity index (χ0n) is 11.0.